The van der Waals surface area contributed by atoms with E-state index in [4.69, 9.17) is 4.42 Å². The lowest BCUT2D eigenvalue weighted by molar-refractivity contribution is -0.123. The van der Waals surface area contributed by atoms with Gasteiger partial charge in [-0.3, -0.25) is 14.6 Å². The number of rotatable bonds is 7. The van der Waals surface area contributed by atoms with Gasteiger partial charge in [-0.1, -0.05) is 13.0 Å². The highest BCUT2D eigenvalue weighted by atomic mass is 32.1. The first-order valence-electron chi connectivity index (χ1n) is 9.20. The number of amides is 1. The van der Waals surface area contributed by atoms with E-state index in [2.05, 4.69) is 39.2 Å². The fourth-order valence-corrected chi connectivity index (χ4v) is 3.64. The molecule has 0 aliphatic carbocycles. The van der Waals surface area contributed by atoms with Gasteiger partial charge in [0.15, 0.2) is 0 Å². The van der Waals surface area contributed by atoms with Gasteiger partial charge in [0.2, 0.25) is 11.8 Å². The molecular formula is C18H27N5O2S. The van der Waals surface area contributed by atoms with Crippen LogP contribution in [0.4, 0.5) is 0 Å². The van der Waals surface area contributed by atoms with E-state index in [0.29, 0.717) is 18.3 Å². The van der Waals surface area contributed by atoms with Gasteiger partial charge in [-0.15, -0.1) is 21.5 Å². The van der Waals surface area contributed by atoms with E-state index < -0.39 is 0 Å². The zero-order valence-electron chi connectivity index (χ0n) is 15.6. The van der Waals surface area contributed by atoms with Crippen molar-refractivity contribution in [3.8, 4) is 10.8 Å². The summed E-state index contributed by atoms with van der Waals surface area (Å²) in [6.07, 6.45) is 0.953. The summed E-state index contributed by atoms with van der Waals surface area (Å²) in [6, 6.07) is 4.27. The molecule has 1 aliphatic rings. The second-order valence-corrected chi connectivity index (χ2v) is 7.74. The van der Waals surface area contributed by atoms with Crippen molar-refractivity contribution >= 4 is 17.2 Å². The van der Waals surface area contributed by atoms with Gasteiger partial charge in [0.1, 0.15) is 0 Å². The Morgan fingerprint density at radius 1 is 1.31 bits per heavy atom. The fraction of sp³-hybridized carbons (Fsp3) is 0.611. The third-order valence-corrected chi connectivity index (χ3v) is 5.73. The minimum atomic E-state index is 0.0762. The van der Waals surface area contributed by atoms with Gasteiger partial charge in [-0.05, 0) is 31.7 Å². The summed E-state index contributed by atoms with van der Waals surface area (Å²) in [6.45, 7) is 10.2. The molecule has 2 atom stereocenters. The second kappa shape index (κ2) is 8.75. The van der Waals surface area contributed by atoms with Crippen LogP contribution in [0, 0.1) is 0 Å². The normalized spacial score (nSPS) is 18.6. The Bertz CT molecular complexity index is 694. The number of nitrogens with zero attached hydrogens (tertiary/aromatic N) is 4. The molecular weight excluding hydrogens is 350 g/mol. The summed E-state index contributed by atoms with van der Waals surface area (Å²) < 4.78 is 5.86. The quantitative estimate of drug-likeness (QED) is 0.799. The molecule has 2 unspecified atom stereocenters. The van der Waals surface area contributed by atoms with Crippen LogP contribution < -0.4 is 5.32 Å². The molecule has 1 amide bonds. The number of piperazine rings is 1. The monoisotopic (exact) mass is 377 g/mol. The van der Waals surface area contributed by atoms with E-state index in [0.717, 1.165) is 37.5 Å². The van der Waals surface area contributed by atoms with Crippen LogP contribution in [-0.4, -0.2) is 64.7 Å². The van der Waals surface area contributed by atoms with E-state index in [1.165, 1.54) is 0 Å². The third-order valence-electron chi connectivity index (χ3n) is 4.87. The zero-order valence-corrected chi connectivity index (χ0v) is 16.5. The van der Waals surface area contributed by atoms with Crippen LogP contribution in [0.3, 0.4) is 0 Å². The van der Waals surface area contributed by atoms with Gasteiger partial charge in [-0.2, -0.15) is 0 Å². The number of nitrogens with one attached hydrogen (secondary N) is 1. The first-order chi connectivity index (χ1) is 12.6. The summed E-state index contributed by atoms with van der Waals surface area (Å²) in [5.74, 6) is 1.34. The Balaban J connectivity index is 1.49. The van der Waals surface area contributed by atoms with Crippen LogP contribution in [0.1, 0.15) is 39.1 Å². The molecule has 3 heterocycles. The Morgan fingerprint density at radius 3 is 2.73 bits per heavy atom. The Hall–Kier alpha value is -1.77. The van der Waals surface area contributed by atoms with Gasteiger partial charge in [0.05, 0.1) is 17.5 Å². The lowest BCUT2D eigenvalue weighted by Gasteiger charge is -2.36. The molecule has 1 aliphatic heterocycles. The Kier molecular flexibility index (Phi) is 6.39. The van der Waals surface area contributed by atoms with Crippen LogP contribution >= 0.6 is 11.3 Å². The number of thiophene rings is 1. The summed E-state index contributed by atoms with van der Waals surface area (Å²) >= 11 is 1.59. The molecule has 1 N–H and O–H groups in total. The molecule has 2 aromatic rings. The van der Waals surface area contributed by atoms with Gasteiger partial charge in [-0.25, -0.2) is 0 Å². The van der Waals surface area contributed by atoms with Crippen LogP contribution in [0.2, 0.25) is 0 Å². The lowest BCUT2D eigenvalue weighted by atomic mass is 10.2. The molecule has 7 nitrogen and oxygen atoms in total. The highest BCUT2D eigenvalue weighted by Crippen LogP contribution is 2.27. The van der Waals surface area contributed by atoms with Gasteiger partial charge >= 0.3 is 0 Å². The van der Waals surface area contributed by atoms with Crippen molar-refractivity contribution < 1.29 is 9.21 Å². The Labute approximate surface area is 158 Å². The van der Waals surface area contributed by atoms with Gasteiger partial charge in [0, 0.05) is 32.2 Å². The highest BCUT2D eigenvalue weighted by molar-refractivity contribution is 7.13. The average molecular weight is 378 g/mol. The second-order valence-electron chi connectivity index (χ2n) is 6.79. The maximum absolute atomic E-state index is 12.0. The fourth-order valence-electron chi connectivity index (χ4n) is 2.99. The van der Waals surface area contributed by atoms with Crippen molar-refractivity contribution in [3.05, 3.63) is 23.4 Å². The smallest absolute Gasteiger partial charge is 0.257 e. The van der Waals surface area contributed by atoms with Crippen LogP contribution in [0.15, 0.2) is 21.9 Å². The molecule has 0 spiro atoms. The van der Waals surface area contributed by atoms with Gasteiger partial charge in [0.25, 0.3) is 5.89 Å². The first kappa shape index (κ1) is 19.0. The Morgan fingerprint density at radius 2 is 2.08 bits per heavy atom. The number of hydrogen-bond donors (Lipinski definition) is 1. The minimum Gasteiger partial charge on any atom is -0.418 e. The van der Waals surface area contributed by atoms with Crippen molar-refractivity contribution in [2.45, 2.75) is 39.3 Å². The van der Waals surface area contributed by atoms with E-state index in [-0.39, 0.29) is 18.0 Å². The van der Waals surface area contributed by atoms with E-state index in [1.54, 1.807) is 11.3 Å². The number of carbonyl (C=O) groups is 1. The summed E-state index contributed by atoms with van der Waals surface area (Å²) in [5.41, 5.74) is 0. The third kappa shape index (κ3) is 4.69. The molecule has 3 rings (SSSR count). The molecule has 8 heteroatoms. The van der Waals surface area contributed by atoms with Crippen molar-refractivity contribution in [2.24, 2.45) is 0 Å². The van der Waals surface area contributed by atoms with Crippen LogP contribution in [0.5, 0.6) is 0 Å². The first-order valence-corrected chi connectivity index (χ1v) is 10.1. The van der Waals surface area contributed by atoms with Gasteiger partial charge < -0.3 is 9.73 Å². The topological polar surface area (TPSA) is 74.5 Å². The van der Waals surface area contributed by atoms with Crippen LogP contribution in [-0.2, 0) is 4.79 Å². The molecule has 0 aromatic carbocycles. The molecule has 0 radical (unpaired) electrons. The molecule has 1 saturated heterocycles. The van der Waals surface area contributed by atoms with E-state index in [1.807, 2.05) is 24.4 Å². The predicted molar refractivity (Wildman–Crippen MR) is 102 cm³/mol. The van der Waals surface area contributed by atoms with E-state index >= 15 is 0 Å². The maximum atomic E-state index is 12.0. The SMILES string of the molecule is CCC(C)NC(=O)CN1CCN(C(C)c2nnc(-c3cccs3)o2)CC1. The number of aromatic nitrogens is 2. The molecule has 1 fully saturated rings. The molecule has 2 aromatic heterocycles. The maximum Gasteiger partial charge on any atom is 0.257 e. The zero-order chi connectivity index (χ0) is 18.5. The van der Waals surface area contributed by atoms with Crippen LogP contribution in [0.25, 0.3) is 10.8 Å². The summed E-state index contributed by atoms with van der Waals surface area (Å²) in [4.78, 5) is 17.6. The number of carbonyl (C=O) groups excluding carboxylic acids is 1. The molecule has 142 valence electrons. The number of hydrogen-bond acceptors (Lipinski definition) is 7. The van der Waals surface area contributed by atoms with Crippen molar-refractivity contribution in [1.82, 2.24) is 25.3 Å². The standard InChI is InChI=1S/C18H27N5O2S/c1-4-13(2)19-16(24)12-22-7-9-23(10-8-22)14(3)17-20-21-18(25-17)15-6-5-11-26-15/h5-6,11,13-14H,4,7-10,12H2,1-3H3,(H,19,24). The molecule has 26 heavy (non-hydrogen) atoms. The van der Waals surface area contributed by atoms with Crippen molar-refractivity contribution in [3.63, 3.8) is 0 Å². The van der Waals surface area contributed by atoms with E-state index in [9.17, 15) is 4.79 Å². The largest absolute Gasteiger partial charge is 0.418 e. The molecule has 0 bridgehead atoms. The van der Waals surface area contributed by atoms with Crippen molar-refractivity contribution in [1.29, 1.82) is 0 Å². The highest BCUT2D eigenvalue weighted by Gasteiger charge is 2.26. The predicted octanol–water partition coefficient (Wildman–Crippen LogP) is 2.39. The minimum absolute atomic E-state index is 0.0762. The average Bonchev–Trinajstić information content (AvgIpc) is 3.33. The van der Waals surface area contributed by atoms with Crippen molar-refractivity contribution in [2.75, 3.05) is 32.7 Å². The lowest BCUT2D eigenvalue weighted by Crippen LogP contribution is -2.50. The summed E-state index contributed by atoms with van der Waals surface area (Å²) in [5, 5.41) is 13.4. The summed E-state index contributed by atoms with van der Waals surface area (Å²) in [7, 11) is 0. The molecule has 0 saturated carbocycles.